The van der Waals surface area contributed by atoms with Crippen molar-refractivity contribution in [3.05, 3.63) is 11.8 Å². The number of carboxylic acids is 1. The summed E-state index contributed by atoms with van der Waals surface area (Å²) in [4.78, 5) is 22.0. The van der Waals surface area contributed by atoms with Gasteiger partial charge in [-0.05, 0) is 7.05 Å². The molecule has 1 amide bonds. The Labute approximate surface area is 86.1 Å². The summed E-state index contributed by atoms with van der Waals surface area (Å²) in [6, 6.07) is 0. The van der Waals surface area contributed by atoms with Crippen molar-refractivity contribution in [2.24, 2.45) is 7.05 Å². The van der Waals surface area contributed by atoms with Crippen LogP contribution in [0, 0.1) is 0 Å². The van der Waals surface area contributed by atoms with E-state index in [4.69, 9.17) is 5.11 Å². The Morgan fingerprint density at radius 2 is 2.27 bits per heavy atom. The average Bonchev–Trinajstić information content (AvgIpc) is 2.48. The van der Waals surface area contributed by atoms with E-state index >= 15 is 0 Å². The Balaban J connectivity index is 2.88. The van der Waals surface area contributed by atoms with Crippen molar-refractivity contribution in [1.29, 1.82) is 0 Å². The number of aromatic carboxylic acids is 1. The van der Waals surface area contributed by atoms with Crippen molar-refractivity contribution in [3.63, 3.8) is 0 Å². The van der Waals surface area contributed by atoms with Crippen LogP contribution in [0.3, 0.4) is 0 Å². The Hall–Kier alpha value is -1.89. The molecule has 1 aromatic heterocycles. The zero-order valence-corrected chi connectivity index (χ0v) is 8.44. The number of aromatic nitrogens is 2. The maximum Gasteiger partial charge on any atom is 0.341 e. The number of nitrogens with zero attached hydrogens (tertiary/aromatic N) is 2. The minimum atomic E-state index is -1.12. The number of amides is 1. The molecule has 0 atom stereocenters. The van der Waals surface area contributed by atoms with E-state index in [0.29, 0.717) is 0 Å². The summed E-state index contributed by atoms with van der Waals surface area (Å²) in [6.45, 7) is 0.115. The van der Waals surface area contributed by atoms with E-state index in [2.05, 4.69) is 15.7 Å². The first kappa shape index (κ1) is 11.2. The monoisotopic (exact) mass is 212 g/mol. The van der Waals surface area contributed by atoms with E-state index in [9.17, 15) is 9.59 Å². The van der Waals surface area contributed by atoms with Crippen molar-refractivity contribution in [2.75, 3.05) is 18.9 Å². The molecule has 0 fully saturated rings. The van der Waals surface area contributed by atoms with E-state index < -0.39 is 5.97 Å². The number of nitrogens with one attached hydrogen (secondary N) is 2. The molecule has 0 aromatic carbocycles. The van der Waals surface area contributed by atoms with Crippen LogP contribution in [0.2, 0.25) is 0 Å². The van der Waals surface area contributed by atoms with E-state index in [1.54, 1.807) is 14.1 Å². The SMILES string of the molecule is CNCC(=O)Nc1c(C(=O)O)cnn1C. The highest BCUT2D eigenvalue weighted by Gasteiger charge is 2.16. The van der Waals surface area contributed by atoms with Crippen LogP contribution >= 0.6 is 0 Å². The minimum absolute atomic E-state index is 0.0260. The van der Waals surface area contributed by atoms with Gasteiger partial charge in [-0.1, -0.05) is 0 Å². The van der Waals surface area contributed by atoms with E-state index in [1.165, 1.54) is 10.9 Å². The number of rotatable bonds is 4. The highest BCUT2D eigenvalue weighted by Crippen LogP contribution is 2.13. The summed E-state index contributed by atoms with van der Waals surface area (Å²) in [5.41, 5.74) is -0.0260. The summed E-state index contributed by atoms with van der Waals surface area (Å²) in [5, 5.41) is 17.7. The third kappa shape index (κ3) is 2.53. The van der Waals surface area contributed by atoms with Gasteiger partial charge in [0.1, 0.15) is 11.4 Å². The van der Waals surface area contributed by atoms with Crippen LogP contribution < -0.4 is 10.6 Å². The van der Waals surface area contributed by atoms with Crippen LogP contribution in [0.5, 0.6) is 0 Å². The van der Waals surface area contributed by atoms with E-state index in [0.717, 1.165) is 0 Å². The molecular weight excluding hydrogens is 200 g/mol. The van der Waals surface area contributed by atoms with Crippen molar-refractivity contribution < 1.29 is 14.7 Å². The molecule has 0 bridgehead atoms. The molecule has 7 nitrogen and oxygen atoms in total. The summed E-state index contributed by atoms with van der Waals surface area (Å²) in [5.74, 6) is -1.26. The van der Waals surface area contributed by atoms with Gasteiger partial charge in [0.2, 0.25) is 5.91 Å². The molecule has 0 aliphatic heterocycles. The molecule has 3 N–H and O–H groups in total. The number of carbonyl (C=O) groups excluding carboxylic acids is 1. The third-order valence-corrected chi connectivity index (χ3v) is 1.76. The number of hydrogen-bond acceptors (Lipinski definition) is 4. The Bertz CT molecular complexity index is 385. The zero-order valence-electron chi connectivity index (χ0n) is 8.44. The fraction of sp³-hybridized carbons (Fsp3) is 0.375. The maximum atomic E-state index is 11.2. The van der Waals surface area contributed by atoms with Crippen LogP contribution in [0.25, 0.3) is 0 Å². The first-order valence-electron chi connectivity index (χ1n) is 4.26. The van der Waals surface area contributed by atoms with Crippen LogP contribution in [-0.4, -0.2) is 40.4 Å². The topological polar surface area (TPSA) is 96.2 Å². The number of carboxylic acid groups (broad SMARTS) is 1. The second kappa shape index (κ2) is 4.56. The van der Waals surface area contributed by atoms with Gasteiger partial charge in [-0.15, -0.1) is 0 Å². The van der Waals surface area contributed by atoms with Gasteiger partial charge in [-0.2, -0.15) is 5.10 Å². The van der Waals surface area contributed by atoms with Crippen LogP contribution in [0.1, 0.15) is 10.4 Å². The Kier molecular flexibility index (Phi) is 3.40. The first-order valence-corrected chi connectivity index (χ1v) is 4.26. The molecule has 0 aliphatic carbocycles. The summed E-state index contributed by atoms with van der Waals surface area (Å²) >= 11 is 0. The second-order valence-corrected chi connectivity index (χ2v) is 2.91. The predicted molar refractivity (Wildman–Crippen MR) is 52.7 cm³/mol. The fourth-order valence-electron chi connectivity index (χ4n) is 1.08. The summed E-state index contributed by atoms with van der Waals surface area (Å²) < 4.78 is 1.30. The molecule has 15 heavy (non-hydrogen) atoms. The quantitative estimate of drug-likeness (QED) is 0.611. The molecule has 1 heterocycles. The van der Waals surface area contributed by atoms with Crippen LogP contribution in [-0.2, 0) is 11.8 Å². The van der Waals surface area contributed by atoms with Gasteiger partial charge in [0.05, 0.1) is 12.7 Å². The van der Waals surface area contributed by atoms with Gasteiger partial charge in [-0.3, -0.25) is 9.48 Å². The van der Waals surface area contributed by atoms with Gasteiger partial charge in [0, 0.05) is 7.05 Å². The van der Waals surface area contributed by atoms with Crippen molar-refractivity contribution in [2.45, 2.75) is 0 Å². The molecule has 0 unspecified atom stereocenters. The lowest BCUT2D eigenvalue weighted by molar-refractivity contribution is -0.115. The number of aryl methyl sites for hydroxylation is 1. The Morgan fingerprint density at radius 1 is 1.60 bits per heavy atom. The molecule has 7 heteroatoms. The lowest BCUT2D eigenvalue weighted by Gasteiger charge is -2.05. The normalized spacial score (nSPS) is 10.0. The minimum Gasteiger partial charge on any atom is -0.477 e. The molecule has 0 saturated carbocycles. The number of carbonyl (C=O) groups is 2. The lowest BCUT2D eigenvalue weighted by Crippen LogP contribution is -2.26. The molecule has 0 radical (unpaired) electrons. The molecule has 0 spiro atoms. The van der Waals surface area contributed by atoms with Gasteiger partial charge in [-0.25, -0.2) is 4.79 Å². The van der Waals surface area contributed by atoms with Gasteiger partial charge in [0.25, 0.3) is 0 Å². The zero-order chi connectivity index (χ0) is 11.4. The van der Waals surface area contributed by atoms with Gasteiger partial charge < -0.3 is 15.7 Å². The number of anilines is 1. The highest BCUT2D eigenvalue weighted by molar-refractivity contribution is 5.99. The first-order chi connectivity index (χ1) is 7.06. The van der Waals surface area contributed by atoms with Crippen molar-refractivity contribution in [1.82, 2.24) is 15.1 Å². The molecule has 0 saturated heterocycles. The molecule has 82 valence electrons. The van der Waals surface area contributed by atoms with Crippen LogP contribution in [0.15, 0.2) is 6.20 Å². The summed E-state index contributed by atoms with van der Waals surface area (Å²) in [6.07, 6.45) is 1.19. The largest absolute Gasteiger partial charge is 0.477 e. The number of hydrogen-bond donors (Lipinski definition) is 3. The molecular formula is C8H12N4O3. The maximum absolute atomic E-state index is 11.2. The molecule has 1 rings (SSSR count). The third-order valence-electron chi connectivity index (χ3n) is 1.76. The van der Waals surface area contributed by atoms with E-state index in [1.807, 2.05) is 0 Å². The predicted octanol–water partition coefficient (Wildman–Crippen LogP) is -0.724. The second-order valence-electron chi connectivity index (χ2n) is 2.91. The van der Waals surface area contributed by atoms with Gasteiger partial charge in [0.15, 0.2) is 0 Å². The van der Waals surface area contributed by atoms with Crippen molar-refractivity contribution >= 4 is 17.7 Å². The average molecular weight is 212 g/mol. The summed E-state index contributed by atoms with van der Waals surface area (Å²) in [7, 11) is 3.18. The van der Waals surface area contributed by atoms with Crippen molar-refractivity contribution in [3.8, 4) is 0 Å². The van der Waals surface area contributed by atoms with Gasteiger partial charge >= 0.3 is 5.97 Å². The highest BCUT2D eigenvalue weighted by atomic mass is 16.4. The molecule has 0 aliphatic rings. The molecule has 1 aromatic rings. The fourth-order valence-corrected chi connectivity index (χ4v) is 1.08. The smallest absolute Gasteiger partial charge is 0.341 e. The Morgan fingerprint density at radius 3 is 2.80 bits per heavy atom. The van der Waals surface area contributed by atoms with E-state index in [-0.39, 0.29) is 23.8 Å². The standard InChI is InChI=1S/C8H12N4O3/c1-9-4-6(13)11-7-5(8(14)15)3-10-12(7)2/h3,9H,4H2,1-2H3,(H,11,13)(H,14,15). The van der Waals surface area contributed by atoms with Crippen LogP contribution in [0.4, 0.5) is 5.82 Å². The number of likely N-dealkylation sites (N-methyl/N-ethyl adjacent to an activating group) is 1. The lowest BCUT2D eigenvalue weighted by atomic mass is 10.3.